The zero-order valence-electron chi connectivity index (χ0n) is 27.9. The molecular formula is C34H51ClF3N5O5. The van der Waals surface area contributed by atoms with E-state index in [4.69, 9.17) is 21.5 Å². The number of carboxylic acid groups (broad SMARTS) is 1. The second-order valence-corrected chi connectivity index (χ2v) is 13.9. The molecule has 4 aliphatic rings. The van der Waals surface area contributed by atoms with Crippen LogP contribution >= 0.6 is 11.6 Å². The number of aliphatic hydroxyl groups excluding tert-OH is 1. The van der Waals surface area contributed by atoms with Crippen molar-refractivity contribution in [2.75, 3.05) is 26.2 Å². The first-order valence-corrected chi connectivity index (χ1v) is 17.8. The molecule has 0 radical (unpaired) electrons. The van der Waals surface area contributed by atoms with Crippen LogP contribution < -0.4 is 10.6 Å². The number of carbonyl (C=O) groups is 3. The Morgan fingerprint density at radius 2 is 1.56 bits per heavy atom. The molecule has 3 heterocycles. The number of rotatable bonds is 10. The van der Waals surface area contributed by atoms with Crippen molar-refractivity contribution >= 4 is 29.5 Å². The number of fused-ring (bicyclic) bond motifs is 2. The number of β-amino-alcohol motifs (C(OH)–C–C–N with tert-alkyl or cyclic N) is 1. The molecule has 0 aromatic heterocycles. The van der Waals surface area contributed by atoms with Crippen molar-refractivity contribution in [1.29, 1.82) is 0 Å². The Kier molecular flexibility index (Phi) is 13.8. The molecular weight excluding hydrogens is 651 g/mol. The van der Waals surface area contributed by atoms with Gasteiger partial charge in [0.1, 0.15) is 0 Å². The van der Waals surface area contributed by atoms with Crippen LogP contribution in [0.5, 0.6) is 0 Å². The van der Waals surface area contributed by atoms with Gasteiger partial charge in [0.2, 0.25) is 5.91 Å². The fourth-order valence-electron chi connectivity index (χ4n) is 7.88. The van der Waals surface area contributed by atoms with E-state index in [1.807, 2.05) is 29.2 Å². The second kappa shape index (κ2) is 17.4. The lowest BCUT2D eigenvalue weighted by Gasteiger charge is -2.48. The molecule has 5 atom stereocenters. The maximum atomic E-state index is 14.3. The summed E-state index contributed by atoms with van der Waals surface area (Å²) in [6.07, 6.45) is 5.49. The van der Waals surface area contributed by atoms with Gasteiger partial charge in [-0.25, -0.2) is 9.59 Å². The Bertz CT molecular complexity index is 1200. The Labute approximate surface area is 286 Å². The van der Waals surface area contributed by atoms with Gasteiger partial charge >= 0.3 is 18.2 Å². The van der Waals surface area contributed by atoms with Gasteiger partial charge in [-0.15, -0.1) is 0 Å². The molecule has 0 spiro atoms. The van der Waals surface area contributed by atoms with Crippen LogP contribution in [0.15, 0.2) is 24.3 Å². The number of nitrogens with zero attached hydrogens (tertiary/aromatic N) is 3. The van der Waals surface area contributed by atoms with Crippen LogP contribution in [0.4, 0.5) is 18.0 Å². The molecule has 4 fully saturated rings. The van der Waals surface area contributed by atoms with Crippen molar-refractivity contribution in [3.63, 3.8) is 0 Å². The fraction of sp³-hybridized carbons (Fsp3) is 0.735. The number of nitrogens with one attached hydrogen (secondary N) is 2. The largest absolute Gasteiger partial charge is 0.490 e. The van der Waals surface area contributed by atoms with Crippen LogP contribution in [-0.2, 0) is 16.0 Å². The van der Waals surface area contributed by atoms with E-state index in [9.17, 15) is 27.9 Å². The minimum Gasteiger partial charge on any atom is -0.475 e. The summed E-state index contributed by atoms with van der Waals surface area (Å²) >= 11 is 6.14. The highest BCUT2D eigenvalue weighted by Gasteiger charge is 2.48. The van der Waals surface area contributed by atoms with Crippen molar-refractivity contribution in [3.05, 3.63) is 34.9 Å². The number of carboxylic acids is 1. The molecule has 10 nitrogen and oxygen atoms in total. The minimum absolute atomic E-state index is 0.156. The molecule has 4 N–H and O–H groups in total. The molecule has 270 valence electrons. The quantitative estimate of drug-likeness (QED) is 0.276. The number of urea groups is 1. The van der Waals surface area contributed by atoms with Crippen LogP contribution in [0.25, 0.3) is 0 Å². The second-order valence-electron chi connectivity index (χ2n) is 13.5. The number of alkyl halides is 3. The number of hydrogen-bond donors (Lipinski definition) is 4. The van der Waals surface area contributed by atoms with Crippen LogP contribution in [0, 0.1) is 0 Å². The highest BCUT2D eigenvalue weighted by Crippen LogP contribution is 2.40. The average molecular weight is 702 g/mol. The molecule has 3 aliphatic heterocycles. The third kappa shape index (κ3) is 9.98. The number of piperidine rings is 1. The Balaban J connectivity index is 0.000000671. The molecule has 14 heteroatoms. The molecule has 3 amide bonds. The maximum Gasteiger partial charge on any atom is 0.490 e. The van der Waals surface area contributed by atoms with Crippen LogP contribution in [0.1, 0.15) is 83.6 Å². The van der Waals surface area contributed by atoms with Gasteiger partial charge in [-0.2, -0.15) is 13.2 Å². The predicted octanol–water partition coefficient (Wildman–Crippen LogP) is 4.82. The van der Waals surface area contributed by atoms with Gasteiger partial charge < -0.3 is 35.5 Å². The molecule has 2 unspecified atom stereocenters. The smallest absolute Gasteiger partial charge is 0.475 e. The zero-order valence-corrected chi connectivity index (χ0v) is 28.7. The zero-order chi connectivity index (χ0) is 35.0. The molecule has 2 bridgehead atoms. The molecule has 5 rings (SSSR count). The number of amides is 3. The summed E-state index contributed by atoms with van der Waals surface area (Å²) < 4.78 is 31.7. The maximum absolute atomic E-state index is 14.3. The van der Waals surface area contributed by atoms with Crippen LogP contribution in [-0.4, -0.2) is 118 Å². The third-order valence-corrected chi connectivity index (χ3v) is 10.5. The van der Waals surface area contributed by atoms with E-state index >= 15 is 0 Å². The van der Waals surface area contributed by atoms with Gasteiger partial charge in [0.05, 0.1) is 12.1 Å². The summed E-state index contributed by atoms with van der Waals surface area (Å²) in [5, 5.41) is 24.7. The number of halogens is 4. The summed E-state index contributed by atoms with van der Waals surface area (Å²) in [6.45, 7) is 6.84. The Hall–Kier alpha value is -2.61. The van der Waals surface area contributed by atoms with E-state index < -0.39 is 12.1 Å². The van der Waals surface area contributed by atoms with Crippen molar-refractivity contribution in [2.24, 2.45) is 0 Å². The van der Waals surface area contributed by atoms with Gasteiger partial charge in [0, 0.05) is 61.4 Å². The van der Waals surface area contributed by atoms with Gasteiger partial charge in [0.25, 0.3) is 0 Å². The monoisotopic (exact) mass is 701 g/mol. The summed E-state index contributed by atoms with van der Waals surface area (Å²) in [6, 6.07) is 8.63. The number of hydrogen-bond acceptors (Lipinski definition) is 6. The van der Waals surface area contributed by atoms with E-state index in [0.29, 0.717) is 37.0 Å². The van der Waals surface area contributed by atoms with E-state index in [2.05, 4.69) is 34.3 Å². The number of carbonyl (C=O) groups excluding carboxylic acids is 2. The lowest BCUT2D eigenvalue weighted by molar-refractivity contribution is -0.192. The first-order valence-electron chi connectivity index (χ1n) is 17.4. The number of aliphatic carboxylic acids is 1. The molecule has 48 heavy (non-hydrogen) atoms. The summed E-state index contributed by atoms with van der Waals surface area (Å²) in [5.41, 5.74) is 1.08. The molecule has 1 aromatic carbocycles. The first-order chi connectivity index (χ1) is 22.8. The average Bonchev–Trinajstić information content (AvgIpc) is 3.59. The van der Waals surface area contributed by atoms with E-state index in [-0.39, 0.29) is 48.3 Å². The standard InChI is InChI=1S/C32H50ClN5O3.C2HF3O2/c1-3-36(4-2)32(41)38(25-8-6-5-7-9-25)28-18-26-14-15-27(19-28)37(26)31(40)30(16-22-10-12-23(33)13-11-22)35-20-24-17-29(39)21-34-24;3-2(4,5)1(6)7/h10-13,24-30,34-35,39H,3-9,14-21H2,1-2H3;(H,6,7)/t24-,26?,27?,28?,29-,30-;/m1./s1. The minimum atomic E-state index is -5.08. The van der Waals surface area contributed by atoms with E-state index in [1.54, 1.807) is 0 Å². The highest BCUT2D eigenvalue weighted by atomic mass is 35.5. The van der Waals surface area contributed by atoms with Crippen LogP contribution in [0.3, 0.4) is 0 Å². The van der Waals surface area contributed by atoms with E-state index in [1.165, 1.54) is 19.3 Å². The van der Waals surface area contributed by atoms with Crippen molar-refractivity contribution in [1.82, 2.24) is 25.3 Å². The molecule has 1 saturated carbocycles. The molecule has 3 saturated heterocycles. The van der Waals surface area contributed by atoms with Crippen LogP contribution in [0.2, 0.25) is 5.02 Å². The fourth-order valence-corrected chi connectivity index (χ4v) is 8.01. The van der Waals surface area contributed by atoms with Crippen molar-refractivity contribution in [3.8, 4) is 0 Å². The lowest BCUT2D eigenvalue weighted by atomic mass is 9.89. The Morgan fingerprint density at radius 3 is 2.06 bits per heavy atom. The van der Waals surface area contributed by atoms with Gasteiger partial charge in [-0.05, 0) is 82.9 Å². The molecule has 1 aliphatic carbocycles. The Morgan fingerprint density at radius 1 is 0.979 bits per heavy atom. The third-order valence-electron chi connectivity index (χ3n) is 10.3. The topological polar surface area (TPSA) is 125 Å². The lowest BCUT2D eigenvalue weighted by Crippen LogP contribution is -2.61. The first kappa shape index (κ1) is 38.2. The molecule has 1 aromatic rings. The predicted molar refractivity (Wildman–Crippen MR) is 177 cm³/mol. The van der Waals surface area contributed by atoms with E-state index in [0.717, 1.165) is 57.2 Å². The highest BCUT2D eigenvalue weighted by molar-refractivity contribution is 6.30. The van der Waals surface area contributed by atoms with Crippen molar-refractivity contribution < 1.29 is 37.8 Å². The SMILES string of the molecule is CCN(CC)C(=O)N(C1CCCCC1)C1CC2CCC(C1)N2C(=O)[C@@H](Cc1ccc(Cl)cc1)NC[C@H]1C[C@@H](O)CN1.O=C(O)C(F)(F)F. The normalized spacial score (nSPS) is 26.4. The summed E-state index contributed by atoms with van der Waals surface area (Å²) in [5.74, 6) is -2.59. The number of aliphatic hydroxyl groups is 1. The summed E-state index contributed by atoms with van der Waals surface area (Å²) in [4.78, 5) is 43.5. The summed E-state index contributed by atoms with van der Waals surface area (Å²) in [7, 11) is 0. The van der Waals surface area contributed by atoms with Gasteiger partial charge in [-0.3, -0.25) is 4.79 Å². The van der Waals surface area contributed by atoms with Gasteiger partial charge in [0.15, 0.2) is 0 Å². The number of benzene rings is 1. The van der Waals surface area contributed by atoms with Gasteiger partial charge in [-0.1, -0.05) is 43.0 Å². The van der Waals surface area contributed by atoms with Crippen molar-refractivity contribution in [2.45, 2.75) is 133 Å².